The molecule has 2 aliphatic rings. The molecule has 3 aromatic rings. The molecule has 1 fully saturated rings. The number of hydrogen-bond donors (Lipinski definition) is 1. The van der Waals surface area contributed by atoms with E-state index in [1.807, 2.05) is 6.07 Å². The normalized spacial score (nSPS) is 16.2. The Bertz CT molecular complexity index is 1410. The summed E-state index contributed by atoms with van der Waals surface area (Å²) in [7, 11) is 0. The average molecular weight is 574 g/mol. The summed E-state index contributed by atoms with van der Waals surface area (Å²) in [5.74, 6) is 0.0694. The van der Waals surface area contributed by atoms with Crippen LogP contribution in [0.2, 0.25) is 15.1 Å². The SMILES string of the molecule is O=NC(=O)C1CCOc2c1cc(Cl)c(Oc1ccc(C(=O)NCCc3ccc(Cl)cc3Cl)cc1)c2C1CC1. The van der Waals surface area contributed by atoms with Gasteiger partial charge in [-0.3, -0.25) is 9.59 Å². The van der Waals surface area contributed by atoms with E-state index in [-0.39, 0.29) is 11.8 Å². The molecule has 1 aliphatic heterocycles. The van der Waals surface area contributed by atoms with Gasteiger partial charge in [0, 0.05) is 38.5 Å². The minimum absolute atomic E-state index is 0.190. The van der Waals surface area contributed by atoms with Gasteiger partial charge in [0.2, 0.25) is 0 Å². The van der Waals surface area contributed by atoms with Gasteiger partial charge in [-0.1, -0.05) is 40.9 Å². The standard InChI is InChI=1S/C28H23Cl3N2O5/c29-18-6-3-15(22(30)13-18)9-11-32-27(34)17-4-7-19(8-5-17)38-26-23(31)14-21-20(28(35)33-36)10-12-37-25(21)24(26)16-1-2-16/h3-8,13-14,16,20H,1-2,9-12H2,(H,32,34). The van der Waals surface area contributed by atoms with E-state index in [0.717, 1.165) is 24.0 Å². The third kappa shape index (κ3) is 5.65. The number of nitroso groups, excluding NO2 is 1. The summed E-state index contributed by atoms with van der Waals surface area (Å²) in [5.41, 5.74) is 2.76. The number of ether oxygens (including phenoxy) is 2. The van der Waals surface area contributed by atoms with Crippen molar-refractivity contribution in [2.45, 2.75) is 37.5 Å². The van der Waals surface area contributed by atoms with Crippen molar-refractivity contribution >= 4 is 46.6 Å². The molecule has 1 atom stereocenters. The zero-order chi connectivity index (χ0) is 26.8. The highest BCUT2D eigenvalue weighted by Gasteiger charge is 2.38. The fraction of sp³-hybridized carbons (Fsp3) is 0.286. The molecule has 0 saturated heterocycles. The van der Waals surface area contributed by atoms with Crippen molar-refractivity contribution in [2.24, 2.45) is 5.18 Å². The predicted molar refractivity (Wildman–Crippen MR) is 146 cm³/mol. The summed E-state index contributed by atoms with van der Waals surface area (Å²) in [4.78, 5) is 35.7. The first-order valence-electron chi connectivity index (χ1n) is 12.2. The number of benzene rings is 3. The van der Waals surface area contributed by atoms with Gasteiger partial charge in [0.25, 0.3) is 11.8 Å². The minimum Gasteiger partial charge on any atom is -0.493 e. The third-order valence-electron chi connectivity index (χ3n) is 6.68. The molecule has 3 aromatic carbocycles. The number of nitrogens with one attached hydrogen (secondary N) is 1. The van der Waals surface area contributed by atoms with Gasteiger partial charge in [0.15, 0.2) is 5.75 Å². The molecule has 1 saturated carbocycles. The van der Waals surface area contributed by atoms with E-state index in [0.29, 0.717) is 69.4 Å². The van der Waals surface area contributed by atoms with E-state index < -0.39 is 11.8 Å². The summed E-state index contributed by atoms with van der Waals surface area (Å²) < 4.78 is 12.1. The van der Waals surface area contributed by atoms with Crippen LogP contribution in [0.3, 0.4) is 0 Å². The van der Waals surface area contributed by atoms with Crippen LogP contribution in [0.5, 0.6) is 17.2 Å². The van der Waals surface area contributed by atoms with Crippen molar-refractivity contribution < 1.29 is 19.1 Å². The number of fused-ring (bicyclic) bond motifs is 1. The maximum atomic E-state index is 12.6. The molecule has 38 heavy (non-hydrogen) atoms. The van der Waals surface area contributed by atoms with Gasteiger partial charge in [-0.05, 0) is 79.6 Å². The number of amides is 2. The first-order chi connectivity index (χ1) is 18.4. The van der Waals surface area contributed by atoms with Crippen molar-refractivity contribution in [3.63, 3.8) is 0 Å². The smallest absolute Gasteiger partial charge is 0.294 e. The van der Waals surface area contributed by atoms with Gasteiger partial charge < -0.3 is 14.8 Å². The number of rotatable bonds is 8. The highest BCUT2D eigenvalue weighted by atomic mass is 35.5. The molecule has 5 rings (SSSR count). The quantitative estimate of drug-likeness (QED) is 0.283. The molecular weight excluding hydrogens is 551 g/mol. The zero-order valence-electron chi connectivity index (χ0n) is 20.1. The number of halogens is 3. The number of carbonyl (C=O) groups excluding carboxylic acids is 2. The monoisotopic (exact) mass is 572 g/mol. The lowest BCUT2D eigenvalue weighted by atomic mass is 9.89. The van der Waals surface area contributed by atoms with Crippen LogP contribution in [0.15, 0.2) is 53.7 Å². The maximum absolute atomic E-state index is 12.6. The Morgan fingerprint density at radius 2 is 1.76 bits per heavy atom. The summed E-state index contributed by atoms with van der Waals surface area (Å²) in [6.07, 6.45) is 2.82. The van der Waals surface area contributed by atoms with E-state index in [1.54, 1.807) is 42.5 Å². The van der Waals surface area contributed by atoms with Crippen LogP contribution in [0.25, 0.3) is 0 Å². The molecule has 196 valence electrons. The van der Waals surface area contributed by atoms with E-state index in [2.05, 4.69) is 10.5 Å². The van der Waals surface area contributed by atoms with Crippen LogP contribution in [0.4, 0.5) is 0 Å². The second kappa shape index (κ2) is 11.3. The highest BCUT2D eigenvalue weighted by Crippen LogP contribution is 2.55. The van der Waals surface area contributed by atoms with Crippen LogP contribution < -0.4 is 14.8 Å². The maximum Gasteiger partial charge on any atom is 0.294 e. The van der Waals surface area contributed by atoms with Crippen molar-refractivity contribution in [2.75, 3.05) is 13.2 Å². The van der Waals surface area contributed by atoms with Crippen LogP contribution in [0, 0.1) is 4.91 Å². The van der Waals surface area contributed by atoms with Gasteiger partial charge in [-0.25, -0.2) is 0 Å². The largest absolute Gasteiger partial charge is 0.493 e. The van der Waals surface area contributed by atoms with Crippen molar-refractivity contribution in [3.8, 4) is 17.2 Å². The molecule has 7 nitrogen and oxygen atoms in total. The molecular formula is C28H23Cl3N2O5. The van der Waals surface area contributed by atoms with E-state index >= 15 is 0 Å². The second-order valence-electron chi connectivity index (χ2n) is 9.28. The topological polar surface area (TPSA) is 94.1 Å². The average Bonchev–Trinajstić information content (AvgIpc) is 3.75. The minimum atomic E-state index is -0.730. The first-order valence-corrected chi connectivity index (χ1v) is 13.4. The summed E-state index contributed by atoms with van der Waals surface area (Å²) >= 11 is 18.8. The zero-order valence-corrected chi connectivity index (χ0v) is 22.4. The summed E-state index contributed by atoms with van der Waals surface area (Å²) in [6.45, 7) is 0.713. The fourth-order valence-corrected chi connectivity index (χ4v) is 5.37. The lowest BCUT2D eigenvalue weighted by Gasteiger charge is -2.27. The number of nitrogens with zero attached hydrogens (tertiary/aromatic N) is 1. The predicted octanol–water partition coefficient (Wildman–Crippen LogP) is 7.45. The van der Waals surface area contributed by atoms with Crippen molar-refractivity contribution in [1.29, 1.82) is 0 Å². The van der Waals surface area contributed by atoms with Crippen LogP contribution in [-0.2, 0) is 11.2 Å². The Morgan fingerprint density at radius 3 is 2.45 bits per heavy atom. The first kappa shape index (κ1) is 26.5. The molecule has 1 unspecified atom stereocenters. The number of carbonyl (C=O) groups is 2. The molecule has 1 N–H and O–H groups in total. The number of hydrogen-bond acceptors (Lipinski definition) is 5. The molecule has 0 bridgehead atoms. The van der Waals surface area contributed by atoms with E-state index in [4.69, 9.17) is 44.3 Å². The summed E-state index contributed by atoms with van der Waals surface area (Å²) in [5, 5.41) is 6.96. The van der Waals surface area contributed by atoms with Crippen molar-refractivity contribution in [1.82, 2.24) is 5.32 Å². The molecule has 1 heterocycles. The molecule has 0 aromatic heterocycles. The van der Waals surface area contributed by atoms with Gasteiger partial charge in [0.1, 0.15) is 11.5 Å². The lowest BCUT2D eigenvalue weighted by Crippen LogP contribution is -2.25. The lowest BCUT2D eigenvalue weighted by molar-refractivity contribution is -0.120. The second-order valence-corrected chi connectivity index (χ2v) is 10.5. The fourth-order valence-electron chi connectivity index (χ4n) is 4.61. The Labute approximate surface area is 234 Å². The summed E-state index contributed by atoms with van der Waals surface area (Å²) in [6, 6.07) is 13.6. The Hall–Kier alpha value is -3.13. The van der Waals surface area contributed by atoms with E-state index in [1.165, 1.54) is 0 Å². The highest BCUT2D eigenvalue weighted by molar-refractivity contribution is 6.35. The molecule has 2 amide bonds. The Morgan fingerprint density at radius 1 is 1.00 bits per heavy atom. The third-order valence-corrected chi connectivity index (χ3v) is 7.55. The van der Waals surface area contributed by atoms with Gasteiger partial charge in [0.05, 0.1) is 17.5 Å². The van der Waals surface area contributed by atoms with Gasteiger partial charge in [-0.15, -0.1) is 4.91 Å². The Kier molecular flexibility index (Phi) is 7.88. The molecule has 0 spiro atoms. The van der Waals surface area contributed by atoms with Gasteiger partial charge >= 0.3 is 0 Å². The van der Waals surface area contributed by atoms with Crippen molar-refractivity contribution in [3.05, 3.63) is 90.8 Å². The van der Waals surface area contributed by atoms with Crippen LogP contribution >= 0.6 is 34.8 Å². The Balaban J connectivity index is 1.30. The van der Waals surface area contributed by atoms with E-state index in [9.17, 15) is 14.5 Å². The van der Waals surface area contributed by atoms with Crippen LogP contribution in [0.1, 0.15) is 58.1 Å². The van der Waals surface area contributed by atoms with Crippen LogP contribution in [-0.4, -0.2) is 25.0 Å². The molecule has 1 aliphatic carbocycles. The molecule has 10 heteroatoms. The van der Waals surface area contributed by atoms with Gasteiger partial charge in [-0.2, -0.15) is 0 Å². The molecule has 0 radical (unpaired) electrons.